The average Bonchev–Trinajstić information content (AvgIpc) is 3.79. The number of amides is 6. The number of carbonyl (C=O) groups excluding carboxylic acids is 9. The molecule has 4 unspecified atom stereocenters. The maximum atomic E-state index is 11.7. The normalized spacial score (nSPS) is 16.8. The number of ketones is 1. The topological polar surface area (TPSA) is 317 Å². The Kier molecular flexibility index (Phi) is 42.8. The molecule has 6 amide bonds. The fourth-order valence-corrected chi connectivity index (χ4v) is 6.55. The second kappa shape index (κ2) is 41.2. The predicted molar refractivity (Wildman–Crippen MR) is 249 cm³/mol. The lowest BCUT2D eigenvalue weighted by molar-refractivity contribution is -0.165. The Balaban J connectivity index is -0.000000391. The van der Waals surface area contributed by atoms with E-state index in [0.29, 0.717) is 37.9 Å². The van der Waals surface area contributed by atoms with Crippen molar-refractivity contribution < 1.29 is 86.2 Å². The molecule has 0 aromatic rings. The Bertz CT molecular complexity index is 1520. The lowest BCUT2D eigenvalue weighted by Crippen LogP contribution is -2.27. The zero-order valence-corrected chi connectivity index (χ0v) is 39.7. The van der Waals surface area contributed by atoms with Crippen LogP contribution in [-0.2, 0) is 81.1 Å². The van der Waals surface area contributed by atoms with Crippen molar-refractivity contribution >= 4 is 95.3 Å². The number of nitrogens with two attached hydrogens (primary N) is 2. The summed E-state index contributed by atoms with van der Waals surface area (Å²) in [4.78, 5) is 113. The minimum atomic E-state index is -1.17. The number of imide groups is 3. The van der Waals surface area contributed by atoms with Crippen LogP contribution in [0, 0.1) is 0 Å². The fourth-order valence-electron chi connectivity index (χ4n) is 4.30. The maximum Gasteiger partial charge on any atom is 0.344 e. The van der Waals surface area contributed by atoms with Crippen LogP contribution in [0.1, 0.15) is 54.4 Å². The summed E-state index contributed by atoms with van der Waals surface area (Å²) < 4.78 is 33.4. The van der Waals surface area contributed by atoms with Gasteiger partial charge >= 0.3 is 17.9 Å². The first-order valence-electron chi connectivity index (χ1n) is 19.4. The van der Waals surface area contributed by atoms with E-state index in [1.165, 1.54) is 89.8 Å². The molecule has 3 heterocycles. The highest BCUT2D eigenvalue weighted by Gasteiger charge is 2.37. The molecule has 382 valence electrons. The van der Waals surface area contributed by atoms with Gasteiger partial charge in [-0.2, -0.15) is 12.6 Å². The largest absolute Gasteiger partial charge is 0.479 e. The van der Waals surface area contributed by atoms with E-state index in [1.807, 2.05) is 0 Å². The van der Waals surface area contributed by atoms with Gasteiger partial charge < -0.3 is 49.7 Å². The second-order valence-electron chi connectivity index (χ2n) is 12.8. The van der Waals surface area contributed by atoms with Crippen molar-refractivity contribution in [2.75, 3.05) is 106 Å². The first-order valence-corrected chi connectivity index (χ1v) is 22.2. The van der Waals surface area contributed by atoms with Crippen LogP contribution in [0.4, 0.5) is 0 Å². The van der Waals surface area contributed by atoms with Gasteiger partial charge in [-0.15, -0.1) is 23.5 Å². The molecule has 66 heavy (non-hydrogen) atoms. The molecule has 3 aliphatic rings. The van der Waals surface area contributed by atoms with Crippen molar-refractivity contribution in [2.24, 2.45) is 11.5 Å². The number of hydrogen-bond acceptors (Lipinski definition) is 22. The number of carboxylic acid groups (broad SMARTS) is 1. The van der Waals surface area contributed by atoms with Gasteiger partial charge in [-0.25, -0.2) is 14.4 Å². The van der Waals surface area contributed by atoms with Gasteiger partial charge in [0.2, 0.25) is 23.6 Å². The summed E-state index contributed by atoms with van der Waals surface area (Å²) in [6.45, 7) is 4.72. The number of carbonyl (C=O) groups is 10. The zero-order valence-electron chi connectivity index (χ0n) is 37.2. The minimum Gasteiger partial charge on any atom is -0.479 e. The third kappa shape index (κ3) is 31.1. The van der Waals surface area contributed by atoms with Crippen LogP contribution in [0.3, 0.4) is 0 Å². The number of aliphatic carboxylic acids is 1. The van der Waals surface area contributed by atoms with Crippen molar-refractivity contribution in [3.05, 3.63) is 12.2 Å². The molecule has 0 bridgehead atoms. The lowest BCUT2D eigenvalue weighted by Gasteiger charge is -2.12. The van der Waals surface area contributed by atoms with Crippen molar-refractivity contribution in [3.63, 3.8) is 0 Å². The van der Waals surface area contributed by atoms with E-state index in [9.17, 15) is 47.9 Å². The number of Topliss-reactive ketones (excluding diaryl/α,β-unsaturated/α-hetero) is 1. The Morgan fingerprint density at radius 3 is 1.44 bits per heavy atom. The van der Waals surface area contributed by atoms with Crippen LogP contribution in [-0.4, -0.2) is 207 Å². The van der Waals surface area contributed by atoms with E-state index in [4.69, 9.17) is 35.5 Å². The van der Waals surface area contributed by atoms with Gasteiger partial charge in [-0.05, 0) is 26.0 Å². The number of esters is 2. The molecule has 0 aromatic heterocycles. The molecule has 0 aliphatic carbocycles. The van der Waals surface area contributed by atoms with Gasteiger partial charge in [0.15, 0.2) is 18.0 Å². The molecule has 0 saturated carbocycles. The minimum absolute atomic E-state index is 0. The summed E-state index contributed by atoms with van der Waals surface area (Å²) in [5, 5.41) is 7.71. The molecule has 5 N–H and O–H groups in total. The number of hydrogen-bond donors (Lipinski definition) is 4. The molecular formula is C40H71N5O18S3. The van der Waals surface area contributed by atoms with Crippen LogP contribution < -0.4 is 11.5 Å². The molecule has 0 radical (unpaired) electrons. The lowest BCUT2D eigenvalue weighted by atomic mass is 10.2. The number of ether oxygens (including phenoxy) is 7. The summed E-state index contributed by atoms with van der Waals surface area (Å²) in [5.41, 5.74) is 10.2. The Morgan fingerprint density at radius 2 is 1.11 bits per heavy atom. The molecule has 3 rings (SSSR count). The van der Waals surface area contributed by atoms with Gasteiger partial charge in [0, 0.05) is 84.9 Å². The van der Waals surface area contributed by atoms with Crippen LogP contribution in [0.2, 0.25) is 0 Å². The third-order valence-electron chi connectivity index (χ3n) is 7.92. The van der Waals surface area contributed by atoms with E-state index in [0.717, 1.165) is 28.6 Å². The quantitative estimate of drug-likeness (QED) is 0.0329. The molecule has 2 saturated heterocycles. The smallest absolute Gasteiger partial charge is 0.344 e. The Labute approximate surface area is 401 Å². The van der Waals surface area contributed by atoms with Gasteiger partial charge in [0.25, 0.3) is 11.8 Å². The Morgan fingerprint density at radius 1 is 0.697 bits per heavy atom. The molecule has 0 spiro atoms. The summed E-state index contributed by atoms with van der Waals surface area (Å²) in [7, 11) is 7.14. The highest BCUT2D eigenvalue weighted by molar-refractivity contribution is 8.00. The van der Waals surface area contributed by atoms with Crippen LogP contribution in [0.25, 0.3) is 0 Å². The van der Waals surface area contributed by atoms with E-state index < -0.39 is 30.1 Å². The van der Waals surface area contributed by atoms with Gasteiger partial charge in [-0.1, -0.05) is 14.9 Å². The number of nitrogens with zero attached hydrogens (tertiary/aromatic N) is 3. The monoisotopic (exact) mass is 1010 g/mol. The first-order chi connectivity index (χ1) is 30.2. The summed E-state index contributed by atoms with van der Waals surface area (Å²) in [5.74, 6) is -1.57. The van der Waals surface area contributed by atoms with Crippen molar-refractivity contribution in [3.8, 4) is 0 Å². The maximum absolute atomic E-state index is 11.7. The van der Waals surface area contributed by atoms with Crippen molar-refractivity contribution in [1.29, 1.82) is 0 Å². The van der Waals surface area contributed by atoms with Crippen LogP contribution in [0.5, 0.6) is 0 Å². The standard InChI is InChI=1S/C15H23NO7S.C8H14N2O3S.C6H10O5.C5H5NO2.C4H11NOS.2CH4/c1-10(23-14(19)9-21-3)11(17)4-5-22-6-7-24-12-8-13(18)16(2)15(12)20;1-10-7(11)4-6(8(10)12)14-3-2-13-5-9;1-4(6(8)9)11-5(7)3-10-2;1-6-4(7)2-3-5(6)8;5-4-6-2-1-3-7;;/h10,12H,4-9H2,1-3H3;6H,2-5,9H2,1H3;4H,3H2,1-2H3,(H,8,9);2-3H,1H3;7H,1-5H2;2*1H4. The Hall–Kier alpha value is -3.99. The molecule has 4 atom stereocenters. The van der Waals surface area contributed by atoms with E-state index in [2.05, 4.69) is 26.8 Å². The zero-order chi connectivity index (χ0) is 49.2. The SMILES string of the molecule is C.C.CN1C(=O)C=CC1=O.CN1C(=O)CC(SCCOCN)C1=O.COCC(=O)OC(C)C(=O)CCOCCSC1CC(=O)N(C)C1=O.COCC(=O)OC(C)C(=O)O.NCOCCCS. The number of likely N-dealkylation sites (tertiary alicyclic amines) is 2. The van der Waals surface area contributed by atoms with E-state index >= 15 is 0 Å². The predicted octanol–water partition coefficient (Wildman–Crippen LogP) is 0.142. The van der Waals surface area contributed by atoms with Gasteiger partial charge in [0.05, 0.1) is 43.8 Å². The summed E-state index contributed by atoms with van der Waals surface area (Å²) in [6.07, 6.45) is 2.22. The number of carboxylic acids is 1. The summed E-state index contributed by atoms with van der Waals surface area (Å²) in [6, 6.07) is 0. The molecular weight excluding hydrogens is 935 g/mol. The summed E-state index contributed by atoms with van der Waals surface area (Å²) >= 11 is 6.79. The fraction of sp³-hybridized carbons (Fsp3) is 0.700. The number of likely N-dealkylation sites (N-methyl/N-ethyl adjacent to an activating group) is 1. The van der Waals surface area contributed by atoms with Crippen LogP contribution in [0.15, 0.2) is 12.2 Å². The van der Waals surface area contributed by atoms with Gasteiger partial charge in [-0.3, -0.25) is 48.3 Å². The number of rotatable bonds is 24. The number of thiol groups is 1. The number of methoxy groups -OCH3 is 2. The molecule has 2 fully saturated rings. The number of thioether (sulfide) groups is 2. The van der Waals surface area contributed by atoms with Gasteiger partial charge in [0.1, 0.15) is 13.2 Å². The highest BCUT2D eigenvalue weighted by atomic mass is 32.2. The molecule has 23 nitrogen and oxygen atoms in total. The van der Waals surface area contributed by atoms with E-state index in [1.54, 1.807) is 0 Å². The van der Waals surface area contributed by atoms with Crippen molar-refractivity contribution in [2.45, 2.75) is 77.1 Å². The molecule has 3 aliphatic heterocycles. The first kappa shape index (κ1) is 68.6. The van der Waals surface area contributed by atoms with Crippen molar-refractivity contribution in [1.82, 2.24) is 14.7 Å². The highest BCUT2D eigenvalue weighted by Crippen LogP contribution is 2.24. The van der Waals surface area contributed by atoms with Crippen LogP contribution >= 0.6 is 36.2 Å². The second-order valence-corrected chi connectivity index (χ2v) is 15.9. The average molecular weight is 1010 g/mol. The molecule has 0 aromatic carbocycles. The third-order valence-corrected chi connectivity index (χ3v) is 10.6. The molecule has 26 heteroatoms. The van der Waals surface area contributed by atoms with E-state index in [-0.39, 0.29) is 106 Å².